The van der Waals surface area contributed by atoms with Gasteiger partial charge in [-0.3, -0.25) is 4.79 Å². The molecule has 2 aromatic rings. The average molecular weight is 373 g/mol. The number of carbonyl (C=O) groups is 1. The molecule has 0 aliphatic rings. The largest absolute Gasteiger partial charge is 0.321 e. The van der Waals surface area contributed by atoms with Crippen LogP contribution in [0, 0.1) is 0 Å². The number of nitrogens with one attached hydrogen (secondary N) is 1. The number of hydrogen-bond donors (Lipinski definition) is 1. The van der Waals surface area contributed by atoms with Crippen LogP contribution in [0.15, 0.2) is 39.9 Å². The first-order valence-corrected chi connectivity index (χ1v) is 9.79. The molecule has 0 spiro atoms. The highest BCUT2D eigenvalue weighted by molar-refractivity contribution is 7.89. The van der Waals surface area contributed by atoms with Gasteiger partial charge < -0.3 is 5.32 Å². The van der Waals surface area contributed by atoms with Gasteiger partial charge in [0, 0.05) is 18.5 Å². The lowest BCUT2D eigenvalue weighted by molar-refractivity contribution is 0.102. The van der Waals surface area contributed by atoms with E-state index in [0.29, 0.717) is 18.8 Å². The van der Waals surface area contributed by atoms with E-state index in [4.69, 9.17) is 11.6 Å². The van der Waals surface area contributed by atoms with E-state index in [1.54, 1.807) is 25.3 Å². The summed E-state index contributed by atoms with van der Waals surface area (Å²) in [5.74, 6) is -0.440. The molecule has 0 bridgehead atoms. The van der Waals surface area contributed by atoms with Crippen LogP contribution in [-0.4, -0.2) is 31.7 Å². The number of benzene rings is 1. The Bertz CT molecular complexity index is 785. The van der Waals surface area contributed by atoms with Crippen LogP contribution in [0.2, 0.25) is 5.02 Å². The molecule has 23 heavy (non-hydrogen) atoms. The Labute approximate surface area is 144 Å². The molecule has 0 saturated carbocycles. The summed E-state index contributed by atoms with van der Waals surface area (Å²) >= 11 is 7.51. The van der Waals surface area contributed by atoms with Gasteiger partial charge in [-0.05, 0) is 29.6 Å². The SMILES string of the molecule is CCN(CC)S(=O)(=O)c1ccc(Cl)c(C(=O)Nc2ccsc2)c1. The molecule has 0 unspecified atom stereocenters. The molecule has 1 N–H and O–H groups in total. The van der Waals surface area contributed by atoms with Gasteiger partial charge >= 0.3 is 0 Å². The minimum atomic E-state index is -3.64. The maximum Gasteiger partial charge on any atom is 0.257 e. The maximum absolute atomic E-state index is 12.6. The third-order valence-electron chi connectivity index (χ3n) is 3.30. The van der Waals surface area contributed by atoms with Crippen LogP contribution < -0.4 is 5.32 Å². The van der Waals surface area contributed by atoms with E-state index in [2.05, 4.69) is 5.32 Å². The van der Waals surface area contributed by atoms with Crippen LogP contribution in [0.25, 0.3) is 0 Å². The lowest BCUT2D eigenvalue weighted by Crippen LogP contribution is -2.30. The molecule has 0 aliphatic carbocycles. The zero-order chi connectivity index (χ0) is 17.0. The van der Waals surface area contributed by atoms with Crippen LogP contribution in [0.1, 0.15) is 24.2 Å². The van der Waals surface area contributed by atoms with Gasteiger partial charge in [0.15, 0.2) is 0 Å². The second kappa shape index (κ2) is 7.44. The summed E-state index contributed by atoms with van der Waals surface area (Å²) in [6.07, 6.45) is 0. The molecule has 124 valence electrons. The Morgan fingerprint density at radius 1 is 1.26 bits per heavy atom. The van der Waals surface area contributed by atoms with Gasteiger partial charge in [-0.2, -0.15) is 15.6 Å². The smallest absolute Gasteiger partial charge is 0.257 e. The van der Waals surface area contributed by atoms with E-state index < -0.39 is 15.9 Å². The first-order chi connectivity index (χ1) is 10.9. The van der Waals surface area contributed by atoms with Crippen molar-refractivity contribution in [1.29, 1.82) is 0 Å². The van der Waals surface area contributed by atoms with Crippen molar-refractivity contribution in [2.24, 2.45) is 0 Å². The Hall–Kier alpha value is -1.41. The normalized spacial score (nSPS) is 11.7. The van der Waals surface area contributed by atoms with Crippen molar-refractivity contribution in [2.45, 2.75) is 18.7 Å². The first kappa shape index (κ1) is 17.9. The van der Waals surface area contributed by atoms with Crippen LogP contribution in [-0.2, 0) is 10.0 Å². The molecule has 8 heteroatoms. The van der Waals surface area contributed by atoms with E-state index in [-0.39, 0.29) is 15.5 Å². The first-order valence-electron chi connectivity index (χ1n) is 7.03. The van der Waals surface area contributed by atoms with Crippen LogP contribution in [0.5, 0.6) is 0 Å². The van der Waals surface area contributed by atoms with Crippen molar-refractivity contribution < 1.29 is 13.2 Å². The Morgan fingerprint density at radius 3 is 2.52 bits per heavy atom. The van der Waals surface area contributed by atoms with E-state index in [9.17, 15) is 13.2 Å². The summed E-state index contributed by atoms with van der Waals surface area (Å²) in [6, 6.07) is 5.92. The van der Waals surface area contributed by atoms with E-state index >= 15 is 0 Å². The number of carbonyl (C=O) groups excluding carboxylic acids is 1. The molecule has 2 rings (SSSR count). The van der Waals surface area contributed by atoms with Crippen LogP contribution in [0.3, 0.4) is 0 Å². The molecule has 0 saturated heterocycles. The van der Waals surface area contributed by atoms with Crippen molar-refractivity contribution in [1.82, 2.24) is 4.31 Å². The third kappa shape index (κ3) is 3.92. The second-order valence-corrected chi connectivity index (χ2v) is 7.82. The Balaban J connectivity index is 2.37. The summed E-state index contributed by atoms with van der Waals surface area (Å²) in [5, 5.41) is 6.51. The molecule has 1 amide bonds. The van der Waals surface area contributed by atoms with Crippen molar-refractivity contribution >= 4 is 44.6 Å². The summed E-state index contributed by atoms with van der Waals surface area (Å²) < 4.78 is 26.4. The Kier molecular flexibility index (Phi) is 5.80. The van der Waals surface area contributed by atoms with Crippen LogP contribution >= 0.6 is 22.9 Å². The number of thiophene rings is 1. The van der Waals surface area contributed by atoms with Gasteiger partial charge in [-0.25, -0.2) is 8.42 Å². The summed E-state index contributed by atoms with van der Waals surface area (Å²) in [6.45, 7) is 4.25. The standard InChI is InChI=1S/C15H17ClN2O3S2/c1-3-18(4-2)23(20,21)12-5-6-14(16)13(9-12)15(19)17-11-7-8-22-10-11/h5-10H,3-4H2,1-2H3,(H,17,19). The second-order valence-electron chi connectivity index (χ2n) is 4.70. The summed E-state index contributed by atoms with van der Waals surface area (Å²) in [7, 11) is -3.64. The minimum absolute atomic E-state index is 0.0565. The predicted molar refractivity (Wildman–Crippen MR) is 93.8 cm³/mol. The minimum Gasteiger partial charge on any atom is -0.321 e. The molecule has 1 heterocycles. The third-order valence-corrected chi connectivity index (χ3v) is 6.36. The molecule has 0 fully saturated rings. The zero-order valence-electron chi connectivity index (χ0n) is 12.7. The average Bonchev–Trinajstić information content (AvgIpc) is 3.01. The monoisotopic (exact) mass is 372 g/mol. The number of hydrogen-bond acceptors (Lipinski definition) is 4. The molecule has 0 atom stereocenters. The van der Waals surface area contributed by atoms with Gasteiger partial charge in [0.05, 0.1) is 21.2 Å². The van der Waals surface area contributed by atoms with Crippen molar-refractivity contribution in [3.8, 4) is 0 Å². The number of halogens is 1. The molecule has 1 aromatic heterocycles. The van der Waals surface area contributed by atoms with Crippen molar-refractivity contribution in [3.05, 3.63) is 45.6 Å². The fourth-order valence-electron chi connectivity index (χ4n) is 2.09. The van der Waals surface area contributed by atoms with Gasteiger partial charge in [0.1, 0.15) is 0 Å². The number of amides is 1. The van der Waals surface area contributed by atoms with Crippen LogP contribution in [0.4, 0.5) is 5.69 Å². The quantitative estimate of drug-likeness (QED) is 0.840. The van der Waals surface area contributed by atoms with Gasteiger partial charge in [-0.15, -0.1) is 0 Å². The number of sulfonamides is 1. The molecule has 5 nitrogen and oxygen atoms in total. The number of rotatable bonds is 6. The summed E-state index contributed by atoms with van der Waals surface area (Å²) in [4.78, 5) is 12.4. The van der Waals surface area contributed by atoms with Crippen molar-refractivity contribution in [3.63, 3.8) is 0 Å². The highest BCUT2D eigenvalue weighted by Gasteiger charge is 2.23. The van der Waals surface area contributed by atoms with E-state index in [1.807, 2.05) is 5.38 Å². The lowest BCUT2D eigenvalue weighted by atomic mass is 10.2. The number of anilines is 1. The van der Waals surface area contributed by atoms with E-state index in [0.717, 1.165) is 0 Å². The molecule has 0 aliphatic heterocycles. The highest BCUT2D eigenvalue weighted by atomic mass is 35.5. The van der Waals surface area contributed by atoms with Gasteiger partial charge in [0.2, 0.25) is 10.0 Å². The molecular weight excluding hydrogens is 356 g/mol. The van der Waals surface area contributed by atoms with E-state index in [1.165, 1.54) is 33.8 Å². The predicted octanol–water partition coefficient (Wildman–Crippen LogP) is 3.68. The van der Waals surface area contributed by atoms with Crippen molar-refractivity contribution in [2.75, 3.05) is 18.4 Å². The molecule has 1 aromatic carbocycles. The van der Waals surface area contributed by atoms with Gasteiger partial charge in [0.25, 0.3) is 5.91 Å². The zero-order valence-corrected chi connectivity index (χ0v) is 15.1. The number of nitrogens with zero attached hydrogens (tertiary/aromatic N) is 1. The fraction of sp³-hybridized carbons (Fsp3) is 0.267. The summed E-state index contributed by atoms with van der Waals surface area (Å²) in [5.41, 5.74) is 0.777. The highest BCUT2D eigenvalue weighted by Crippen LogP contribution is 2.24. The fourth-order valence-corrected chi connectivity index (χ4v) is 4.36. The molecule has 0 radical (unpaired) electrons. The lowest BCUT2D eigenvalue weighted by Gasteiger charge is -2.19. The Morgan fingerprint density at radius 2 is 1.96 bits per heavy atom. The van der Waals surface area contributed by atoms with Gasteiger partial charge in [-0.1, -0.05) is 25.4 Å². The molecular formula is C15H17ClN2O3S2. The topological polar surface area (TPSA) is 66.5 Å². The maximum atomic E-state index is 12.6.